The van der Waals surface area contributed by atoms with E-state index in [2.05, 4.69) is 0 Å². The predicted molar refractivity (Wildman–Crippen MR) is 167 cm³/mol. The third kappa shape index (κ3) is 12.2. The minimum absolute atomic E-state index is 0.554. The van der Waals surface area contributed by atoms with Crippen LogP contribution in [0.3, 0.4) is 0 Å². The van der Waals surface area contributed by atoms with Crippen LogP contribution in [0.15, 0.2) is 0 Å². The first-order valence-electron chi connectivity index (χ1n) is 14.7. The zero-order chi connectivity index (χ0) is 34.9. The summed E-state index contributed by atoms with van der Waals surface area (Å²) in [5.74, 6) is -3.33. The molecule has 0 spiro atoms. The van der Waals surface area contributed by atoms with Crippen molar-refractivity contribution in [1.29, 1.82) is 0 Å². The van der Waals surface area contributed by atoms with E-state index in [-0.39, 0.29) is 0 Å². The molecule has 0 aromatic rings. The van der Waals surface area contributed by atoms with Crippen molar-refractivity contribution in [2.75, 3.05) is 0 Å². The molecular weight excluding hydrogens is 749 g/mol. The van der Waals surface area contributed by atoms with Crippen LogP contribution in [0.2, 0.25) is 0 Å². The molecule has 0 bridgehead atoms. The van der Waals surface area contributed by atoms with Crippen LogP contribution >= 0.6 is 0 Å². The zero-order valence-electron chi connectivity index (χ0n) is 29.9. The van der Waals surface area contributed by atoms with Crippen molar-refractivity contribution in [2.45, 2.75) is 143 Å². The van der Waals surface area contributed by atoms with Gasteiger partial charge in [0.1, 0.15) is 0 Å². The average Bonchev–Trinajstić information content (AvgIpc) is 2.77. The molecule has 0 radical (unpaired) electrons. The normalized spacial score (nSPS) is 14.1. The Hall–Kier alpha value is -1.22. The van der Waals surface area contributed by atoms with Gasteiger partial charge in [-0.2, -0.15) is 0 Å². The summed E-state index contributed by atoms with van der Waals surface area (Å²) in [6, 6.07) is 0. The number of Topliss-reactive ketones (excluding diaryl/α,β-unsaturated/α-hetero) is 6. The van der Waals surface area contributed by atoms with Gasteiger partial charge in [0.2, 0.25) is 0 Å². The van der Waals surface area contributed by atoms with E-state index < -0.39 is 109 Å². The van der Waals surface area contributed by atoms with Crippen LogP contribution in [0.4, 0.5) is 0 Å². The average molecular weight is 807 g/mol. The first-order chi connectivity index (χ1) is 18.6. The first-order valence-corrected chi connectivity index (χ1v) is 19.0. The molecule has 0 atom stereocenters. The van der Waals surface area contributed by atoms with E-state index in [1.54, 1.807) is 125 Å². The Balaban J connectivity index is 7.45. The summed E-state index contributed by atoms with van der Waals surface area (Å²) in [4.78, 5) is 81.8. The summed E-state index contributed by atoms with van der Waals surface area (Å²) in [5.41, 5.74) is -6.14. The molecule has 0 fully saturated rings. The molecule has 0 unspecified atom stereocenters. The Labute approximate surface area is 269 Å². The first kappa shape index (κ1) is 41.8. The van der Waals surface area contributed by atoms with Gasteiger partial charge in [0.25, 0.3) is 0 Å². The Morgan fingerprint density at radius 1 is 0.326 bits per heavy atom. The van der Waals surface area contributed by atoms with Crippen molar-refractivity contribution < 1.29 is 37.2 Å². The fraction of sp³-hybridized carbons (Fsp3) is 0.818. The Bertz CT molecular complexity index is 862. The standard InChI is InChI=1S/3C11H19O3.Bi/c3*1-10(2,3)8(13)7(12)9(14)11(4,5)6;/h3*7H,1-6H3;/q3*-1;+3. The van der Waals surface area contributed by atoms with Gasteiger partial charge in [0, 0.05) is 0 Å². The molecule has 0 aromatic heterocycles. The van der Waals surface area contributed by atoms with E-state index in [0.717, 1.165) is 0 Å². The molecule has 0 aromatic carbocycles. The second-order valence-electron chi connectivity index (χ2n) is 17.4. The predicted octanol–water partition coefficient (Wildman–Crippen LogP) is 5.82. The van der Waals surface area contributed by atoms with Gasteiger partial charge in [0.05, 0.1) is 0 Å². The van der Waals surface area contributed by atoms with E-state index in [0.29, 0.717) is 0 Å². The molecule has 10 heteroatoms. The second-order valence-corrected chi connectivity index (χ2v) is 21.6. The summed E-state index contributed by atoms with van der Waals surface area (Å²) in [5, 5.41) is 0. The molecule has 0 aliphatic carbocycles. The third-order valence-electron chi connectivity index (χ3n) is 6.44. The summed E-state index contributed by atoms with van der Waals surface area (Å²) >= 11 is -4.89. The van der Waals surface area contributed by atoms with Crippen molar-refractivity contribution in [3.63, 3.8) is 0 Å². The summed E-state index contributed by atoms with van der Waals surface area (Å²) < 4.78 is 18.6. The van der Waals surface area contributed by atoms with Crippen LogP contribution < -0.4 is 0 Å². The second kappa shape index (κ2) is 14.0. The number of ketones is 6. The maximum atomic E-state index is 13.6. The molecule has 0 heterocycles. The number of carbonyl (C=O) groups excluding carboxylic acids is 6. The SMILES string of the molecule is CC(C)(C)C(=O)C([O][Bi]([O]C(C(=O)C(C)(C)C)C(=O)C(C)(C)C)[O]C(C(=O)C(C)(C)C)C(=O)C(C)(C)C)C(=O)C(C)(C)C. The van der Waals surface area contributed by atoms with E-state index in [4.69, 9.17) is 8.44 Å². The molecule has 0 saturated carbocycles. The van der Waals surface area contributed by atoms with Crippen LogP contribution in [0.5, 0.6) is 0 Å². The van der Waals surface area contributed by atoms with E-state index >= 15 is 0 Å². The molecule has 248 valence electrons. The molecule has 0 rings (SSSR count). The van der Waals surface area contributed by atoms with Gasteiger partial charge in [-0.1, -0.05) is 0 Å². The topological polar surface area (TPSA) is 130 Å². The quantitative estimate of drug-likeness (QED) is 0.177. The molecular formula is C33H57BiO9. The maximum absolute atomic E-state index is 13.6. The van der Waals surface area contributed by atoms with Crippen molar-refractivity contribution >= 4 is 57.8 Å². The number of rotatable bonds is 12. The molecule has 0 N–H and O–H groups in total. The van der Waals surface area contributed by atoms with Crippen LogP contribution in [-0.4, -0.2) is 76.1 Å². The van der Waals surface area contributed by atoms with Crippen molar-refractivity contribution in [3.05, 3.63) is 0 Å². The molecule has 9 nitrogen and oxygen atoms in total. The van der Waals surface area contributed by atoms with Gasteiger partial charge in [-0.3, -0.25) is 0 Å². The molecule has 0 amide bonds. The van der Waals surface area contributed by atoms with Crippen LogP contribution in [0, 0.1) is 32.5 Å². The van der Waals surface area contributed by atoms with Gasteiger partial charge >= 0.3 is 270 Å². The van der Waals surface area contributed by atoms with Gasteiger partial charge in [-0.05, 0) is 0 Å². The summed E-state index contributed by atoms with van der Waals surface area (Å²) in [7, 11) is 0. The van der Waals surface area contributed by atoms with Gasteiger partial charge in [-0.15, -0.1) is 0 Å². The molecule has 0 saturated heterocycles. The summed E-state index contributed by atoms with van der Waals surface area (Å²) in [6.07, 6.45) is -4.99. The summed E-state index contributed by atoms with van der Waals surface area (Å²) in [6.45, 7) is 29.5. The fourth-order valence-electron chi connectivity index (χ4n) is 3.34. The van der Waals surface area contributed by atoms with E-state index in [9.17, 15) is 28.8 Å². The Kier molecular flexibility index (Phi) is 13.7. The number of hydrogen-bond acceptors (Lipinski definition) is 9. The monoisotopic (exact) mass is 806 g/mol. The van der Waals surface area contributed by atoms with Gasteiger partial charge in [-0.25, -0.2) is 0 Å². The molecule has 0 aliphatic rings. The van der Waals surface area contributed by atoms with Crippen molar-refractivity contribution in [3.8, 4) is 0 Å². The van der Waals surface area contributed by atoms with Crippen LogP contribution in [0.25, 0.3) is 0 Å². The fourth-order valence-corrected chi connectivity index (χ4v) is 8.16. The number of carbonyl (C=O) groups is 6. The van der Waals surface area contributed by atoms with Crippen LogP contribution in [0.1, 0.15) is 125 Å². The van der Waals surface area contributed by atoms with Crippen LogP contribution in [-0.2, 0) is 37.2 Å². The zero-order valence-corrected chi connectivity index (χ0v) is 33.3. The van der Waals surface area contributed by atoms with E-state index in [1.807, 2.05) is 0 Å². The minimum atomic E-state index is -4.89. The molecule has 43 heavy (non-hydrogen) atoms. The van der Waals surface area contributed by atoms with Crippen molar-refractivity contribution in [2.24, 2.45) is 32.5 Å². The van der Waals surface area contributed by atoms with Crippen molar-refractivity contribution in [1.82, 2.24) is 0 Å². The van der Waals surface area contributed by atoms with Gasteiger partial charge in [0.15, 0.2) is 0 Å². The molecule has 0 aliphatic heterocycles. The third-order valence-corrected chi connectivity index (χ3v) is 10.9. The Morgan fingerprint density at radius 2 is 0.442 bits per heavy atom. The Morgan fingerprint density at radius 3 is 0.535 bits per heavy atom. The van der Waals surface area contributed by atoms with Gasteiger partial charge < -0.3 is 0 Å². The van der Waals surface area contributed by atoms with E-state index in [1.165, 1.54) is 0 Å². The number of hydrogen-bond donors (Lipinski definition) is 0.